The first kappa shape index (κ1) is 18.1. The molecule has 0 saturated heterocycles. The molecule has 0 spiro atoms. The van der Waals surface area contributed by atoms with E-state index in [-0.39, 0.29) is 24.3 Å². The number of ether oxygens (including phenoxy) is 1. The van der Waals surface area contributed by atoms with Crippen molar-refractivity contribution in [2.75, 3.05) is 11.5 Å². The number of anilines is 2. The lowest BCUT2D eigenvalue weighted by atomic mass is 10.1. The van der Waals surface area contributed by atoms with Gasteiger partial charge in [-0.1, -0.05) is 48.5 Å². The average Bonchev–Trinajstić information content (AvgIpc) is 3.18. The summed E-state index contributed by atoms with van der Waals surface area (Å²) < 4.78 is 7.02. The van der Waals surface area contributed by atoms with Gasteiger partial charge >= 0.3 is 5.97 Å². The summed E-state index contributed by atoms with van der Waals surface area (Å²) in [4.78, 5) is 24.3. The van der Waals surface area contributed by atoms with Gasteiger partial charge in [-0.05, 0) is 12.1 Å². The van der Waals surface area contributed by atoms with Crippen molar-refractivity contribution in [2.24, 2.45) is 0 Å². The first-order valence-electron chi connectivity index (χ1n) is 8.73. The van der Waals surface area contributed by atoms with E-state index in [0.29, 0.717) is 11.3 Å². The Morgan fingerprint density at radius 1 is 0.897 bits per heavy atom. The predicted octanol–water partition coefficient (Wildman–Crippen LogP) is 2.25. The summed E-state index contributed by atoms with van der Waals surface area (Å²) in [5, 5.41) is 4.59. The molecule has 4 rings (SSSR count). The van der Waals surface area contributed by atoms with Gasteiger partial charge in [-0.25, -0.2) is 9.48 Å². The molecule has 144 valence electrons. The molecule has 0 radical (unpaired) electrons. The molecule has 4 aromatic rings. The van der Waals surface area contributed by atoms with Gasteiger partial charge in [0.2, 0.25) is 11.9 Å². The van der Waals surface area contributed by atoms with Crippen LogP contribution in [0.5, 0.6) is 0 Å². The number of nitrogens with two attached hydrogens (primary N) is 2. The van der Waals surface area contributed by atoms with E-state index >= 15 is 0 Å². The number of rotatable bonds is 5. The van der Waals surface area contributed by atoms with Gasteiger partial charge < -0.3 is 16.2 Å². The van der Waals surface area contributed by atoms with E-state index in [1.54, 1.807) is 10.9 Å². The highest BCUT2D eigenvalue weighted by Gasteiger charge is 2.20. The number of nitrogens with zero attached hydrogens (tertiary/aromatic N) is 5. The summed E-state index contributed by atoms with van der Waals surface area (Å²) >= 11 is 0. The van der Waals surface area contributed by atoms with Crippen molar-refractivity contribution in [3.05, 3.63) is 78.2 Å². The minimum atomic E-state index is -0.566. The Morgan fingerprint density at radius 3 is 2.17 bits per heavy atom. The van der Waals surface area contributed by atoms with E-state index in [9.17, 15) is 4.79 Å². The number of carbonyl (C=O) groups is 1. The summed E-state index contributed by atoms with van der Waals surface area (Å²) in [6, 6.07) is 18.9. The van der Waals surface area contributed by atoms with Crippen molar-refractivity contribution < 1.29 is 9.53 Å². The number of esters is 1. The summed E-state index contributed by atoms with van der Waals surface area (Å²) in [5.74, 6) is -0.473. The van der Waals surface area contributed by atoms with Gasteiger partial charge in [-0.3, -0.25) is 0 Å². The van der Waals surface area contributed by atoms with Gasteiger partial charge in [0.05, 0.1) is 5.69 Å². The molecule has 0 unspecified atom stereocenters. The van der Waals surface area contributed by atoms with Crippen molar-refractivity contribution >= 4 is 17.9 Å². The predicted molar refractivity (Wildman–Crippen MR) is 107 cm³/mol. The second-order valence-corrected chi connectivity index (χ2v) is 6.08. The number of hydrogen-bond acceptors (Lipinski definition) is 8. The average molecular weight is 387 g/mol. The van der Waals surface area contributed by atoms with Crippen LogP contribution in [0.25, 0.3) is 16.9 Å². The van der Waals surface area contributed by atoms with E-state index in [2.05, 4.69) is 20.1 Å². The molecular formula is C20H17N7O2. The lowest BCUT2D eigenvalue weighted by Crippen LogP contribution is -2.11. The second kappa shape index (κ2) is 7.77. The first-order chi connectivity index (χ1) is 14.1. The molecule has 2 aromatic heterocycles. The highest BCUT2D eigenvalue weighted by atomic mass is 16.5. The van der Waals surface area contributed by atoms with E-state index in [4.69, 9.17) is 16.2 Å². The monoisotopic (exact) mass is 387 g/mol. The third kappa shape index (κ3) is 4.03. The van der Waals surface area contributed by atoms with Crippen molar-refractivity contribution in [1.82, 2.24) is 24.7 Å². The number of carbonyl (C=O) groups excluding carboxylic acids is 1. The van der Waals surface area contributed by atoms with Crippen LogP contribution in [-0.2, 0) is 11.3 Å². The molecule has 0 bridgehead atoms. The first-order valence-corrected chi connectivity index (χ1v) is 8.73. The van der Waals surface area contributed by atoms with Crippen LogP contribution in [0.1, 0.15) is 16.2 Å². The van der Waals surface area contributed by atoms with Crippen molar-refractivity contribution in [3.63, 3.8) is 0 Å². The molecule has 4 N–H and O–H groups in total. The van der Waals surface area contributed by atoms with Gasteiger partial charge in [-0.15, -0.1) is 0 Å². The number of para-hydroxylation sites is 1. The zero-order valence-electron chi connectivity index (χ0n) is 15.3. The molecule has 0 aliphatic heterocycles. The summed E-state index contributed by atoms with van der Waals surface area (Å²) in [6.45, 7) is -0.194. The van der Waals surface area contributed by atoms with Gasteiger partial charge in [-0.2, -0.15) is 20.1 Å². The van der Waals surface area contributed by atoms with E-state index in [1.165, 1.54) is 0 Å². The van der Waals surface area contributed by atoms with Crippen LogP contribution in [0.2, 0.25) is 0 Å². The van der Waals surface area contributed by atoms with Crippen molar-refractivity contribution in [2.45, 2.75) is 6.61 Å². The Bertz CT molecular complexity index is 1120. The number of nitrogen functional groups attached to an aromatic ring is 2. The highest BCUT2D eigenvalue weighted by molar-refractivity contribution is 5.96. The van der Waals surface area contributed by atoms with E-state index in [1.807, 2.05) is 60.7 Å². The molecule has 29 heavy (non-hydrogen) atoms. The maximum atomic E-state index is 12.8. The molecule has 0 aliphatic carbocycles. The molecule has 9 heteroatoms. The Hall–Kier alpha value is -4.27. The standard InChI is InChI=1S/C20H17N7O2/c21-19-23-16(24-20(22)25-19)12-29-18(28)15-11-27(14-9-5-2-6-10-14)26-17(15)13-7-3-1-4-8-13/h1-11H,12H2,(H4,21,22,23,24,25). The summed E-state index contributed by atoms with van der Waals surface area (Å²) in [7, 11) is 0. The topological polar surface area (TPSA) is 135 Å². The molecule has 2 aromatic carbocycles. The maximum Gasteiger partial charge on any atom is 0.342 e. The third-order valence-corrected chi connectivity index (χ3v) is 4.05. The second-order valence-electron chi connectivity index (χ2n) is 6.08. The SMILES string of the molecule is Nc1nc(N)nc(COC(=O)c2cn(-c3ccccc3)nc2-c2ccccc2)n1. The maximum absolute atomic E-state index is 12.8. The Balaban J connectivity index is 1.66. The smallest absolute Gasteiger partial charge is 0.342 e. The zero-order valence-corrected chi connectivity index (χ0v) is 15.3. The molecule has 0 fully saturated rings. The largest absolute Gasteiger partial charge is 0.454 e. The lowest BCUT2D eigenvalue weighted by Gasteiger charge is -2.05. The summed E-state index contributed by atoms with van der Waals surface area (Å²) in [6.07, 6.45) is 1.64. The molecule has 0 amide bonds. The Kier molecular flexibility index (Phi) is 4.85. The molecule has 2 heterocycles. The van der Waals surface area contributed by atoms with Crippen LogP contribution in [0.3, 0.4) is 0 Å². The normalized spacial score (nSPS) is 10.6. The minimum absolute atomic E-state index is 0.0366. The fourth-order valence-electron chi connectivity index (χ4n) is 2.77. The third-order valence-electron chi connectivity index (χ3n) is 4.05. The fourth-order valence-corrected chi connectivity index (χ4v) is 2.77. The molecule has 0 saturated carbocycles. The molecule has 9 nitrogen and oxygen atoms in total. The Morgan fingerprint density at radius 2 is 1.52 bits per heavy atom. The number of benzene rings is 2. The lowest BCUT2D eigenvalue weighted by molar-refractivity contribution is 0.0463. The van der Waals surface area contributed by atoms with Crippen molar-refractivity contribution in [3.8, 4) is 16.9 Å². The van der Waals surface area contributed by atoms with Gasteiger partial charge in [0, 0.05) is 11.8 Å². The highest BCUT2D eigenvalue weighted by Crippen LogP contribution is 2.24. The molecular weight excluding hydrogens is 370 g/mol. The quantitative estimate of drug-likeness (QED) is 0.498. The molecule has 0 atom stereocenters. The van der Waals surface area contributed by atoms with Crippen LogP contribution < -0.4 is 11.5 Å². The summed E-state index contributed by atoms with van der Waals surface area (Å²) in [5.41, 5.74) is 13.5. The fraction of sp³-hybridized carbons (Fsp3) is 0.0500. The van der Waals surface area contributed by atoms with Gasteiger partial charge in [0.1, 0.15) is 11.3 Å². The number of hydrogen-bond donors (Lipinski definition) is 2. The van der Waals surface area contributed by atoms with E-state index in [0.717, 1.165) is 11.3 Å². The minimum Gasteiger partial charge on any atom is -0.454 e. The Labute approximate surface area is 166 Å². The van der Waals surface area contributed by atoms with Crippen LogP contribution in [0.15, 0.2) is 66.9 Å². The van der Waals surface area contributed by atoms with Crippen LogP contribution in [-0.4, -0.2) is 30.7 Å². The van der Waals surface area contributed by atoms with Gasteiger partial charge in [0.25, 0.3) is 0 Å². The van der Waals surface area contributed by atoms with Crippen molar-refractivity contribution in [1.29, 1.82) is 0 Å². The van der Waals surface area contributed by atoms with Crippen LogP contribution >= 0.6 is 0 Å². The van der Waals surface area contributed by atoms with Gasteiger partial charge in [0.15, 0.2) is 12.4 Å². The van der Waals surface area contributed by atoms with E-state index < -0.39 is 5.97 Å². The molecule has 0 aliphatic rings. The van der Waals surface area contributed by atoms with Crippen LogP contribution in [0.4, 0.5) is 11.9 Å². The zero-order chi connectivity index (χ0) is 20.2. The number of aromatic nitrogens is 5. The van der Waals surface area contributed by atoms with Crippen LogP contribution in [0, 0.1) is 0 Å².